The van der Waals surface area contributed by atoms with Crippen LogP contribution in [0.25, 0.3) is 0 Å². The van der Waals surface area contributed by atoms with Crippen LogP contribution in [0, 0.1) is 0 Å². The Morgan fingerprint density at radius 2 is 2.11 bits per heavy atom. The number of carbonyl (C=O) groups is 1. The first-order chi connectivity index (χ1) is 9.04. The minimum absolute atomic E-state index is 0.131. The Morgan fingerprint density at radius 1 is 1.42 bits per heavy atom. The highest BCUT2D eigenvalue weighted by Gasteiger charge is 2.12. The second-order valence-electron chi connectivity index (χ2n) is 4.09. The third kappa shape index (κ3) is 3.69. The van der Waals surface area contributed by atoms with Crippen molar-refractivity contribution in [1.82, 2.24) is 4.98 Å². The summed E-state index contributed by atoms with van der Waals surface area (Å²) in [5.74, 6) is 0.601. The van der Waals surface area contributed by atoms with Crippen LogP contribution in [0.4, 0.5) is 10.8 Å². The molecule has 5 nitrogen and oxygen atoms in total. The highest BCUT2D eigenvalue weighted by Crippen LogP contribution is 2.25. The predicted octanol–water partition coefficient (Wildman–Crippen LogP) is 2.82. The van der Waals surface area contributed by atoms with Crippen LogP contribution in [0.3, 0.4) is 0 Å². The Bertz CT molecular complexity index is 566. The van der Waals surface area contributed by atoms with Crippen molar-refractivity contribution in [2.75, 3.05) is 11.1 Å². The van der Waals surface area contributed by atoms with Crippen LogP contribution >= 0.6 is 11.3 Å². The van der Waals surface area contributed by atoms with Gasteiger partial charge in [-0.3, -0.25) is 4.79 Å². The second kappa shape index (κ2) is 5.71. The van der Waals surface area contributed by atoms with Crippen LogP contribution in [0.5, 0.6) is 5.75 Å². The van der Waals surface area contributed by atoms with Gasteiger partial charge in [-0.05, 0) is 31.2 Å². The lowest BCUT2D eigenvalue weighted by atomic mass is 10.3. The number of nitrogens with one attached hydrogen (secondary N) is 1. The first-order valence-corrected chi connectivity index (χ1v) is 6.68. The molecule has 2 rings (SSSR count). The van der Waals surface area contributed by atoms with Crippen molar-refractivity contribution in [3.05, 3.63) is 35.3 Å². The van der Waals surface area contributed by atoms with Crippen LogP contribution in [0.2, 0.25) is 0 Å². The van der Waals surface area contributed by atoms with Gasteiger partial charge in [0.25, 0.3) is 0 Å². The van der Waals surface area contributed by atoms with Gasteiger partial charge in [0.1, 0.15) is 11.9 Å². The fourth-order valence-corrected chi connectivity index (χ4v) is 2.33. The number of rotatable bonds is 4. The summed E-state index contributed by atoms with van der Waals surface area (Å²) in [5.41, 5.74) is 7.09. The Balaban J connectivity index is 2.03. The Hall–Kier alpha value is -2.08. The molecule has 1 amide bonds. The number of nitrogens with zero attached hydrogens (tertiary/aromatic N) is 1. The molecule has 1 unspecified atom stereocenters. The molecule has 1 heterocycles. The standard InChI is InChI=1S/C13H15N3O2S/c1-8(18-11-5-3-10(14)4-6-11)12-7-19-13(16-12)15-9(2)17/h3-8H,14H2,1-2H3,(H,15,16,17). The quantitative estimate of drug-likeness (QED) is 0.842. The number of ether oxygens (including phenoxy) is 1. The van der Waals surface area contributed by atoms with Gasteiger partial charge in [0, 0.05) is 18.0 Å². The van der Waals surface area contributed by atoms with Gasteiger partial charge in [0.05, 0.1) is 5.69 Å². The van der Waals surface area contributed by atoms with E-state index in [-0.39, 0.29) is 12.0 Å². The number of hydrogen-bond donors (Lipinski definition) is 2. The van der Waals surface area contributed by atoms with Crippen molar-refractivity contribution in [3.63, 3.8) is 0 Å². The molecule has 0 aliphatic carbocycles. The summed E-state index contributed by atoms with van der Waals surface area (Å²) in [5, 5.41) is 5.10. The second-order valence-corrected chi connectivity index (χ2v) is 4.95. The maximum atomic E-state index is 10.9. The van der Waals surface area contributed by atoms with E-state index < -0.39 is 0 Å². The molecule has 1 aromatic carbocycles. The molecule has 3 N–H and O–H groups in total. The zero-order valence-electron chi connectivity index (χ0n) is 10.7. The van der Waals surface area contributed by atoms with Crippen molar-refractivity contribution in [1.29, 1.82) is 0 Å². The molecule has 100 valence electrons. The molecule has 19 heavy (non-hydrogen) atoms. The van der Waals surface area contributed by atoms with Crippen molar-refractivity contribution in [2.24, 2.45) is 0 Å². The van der Waals surface area contributed by atoms with Crippen molar-refractivity contribution >= 4 is 28.1 Å². The summed E-state index contributed by atoms with van der Waals surface area (Å²) in [7, 11) is 0. The fraction of sp³-hybridized carbons (Fsp3) is 0.231. The fourth-order valence-electron chi connectivity index (χ4n) is 1.49. The topological polar surface area (TPSA) is 77.2 Å². The molecule has 1 atom stereocenters. The number of aromatic nitrogens is 1. The molecule has 0 bridgehead atoms. The number of anilines is 2. The summed E-state index contributed by atoms with van der Waals surface area (Å²) in [4.78, 5) is 15.2. The Morgan fingerprint density at radius 3 is 2.74 bits per heavy atom. The molecular weight excluding hydrogens is 262 g/mol. The number of benzene rings is 1. The van der Waals surface area contributed by atoms with E-state index in [1.54, 1.807) is 12.1 Å². The number of amides is 1. The smallest absolute Gasteiger partial charge is 0.223 e. The molecule has 1 aromatic heterocycles. The zero-order valence-corrected chi connectivity index (χ0v) is 11.5. The molecule has 0 aliphatic rings. The normalized spacial score (nSPS) is 11.9. The average molecular weight is 277 g/mol. The molecule has 2 aromatic rings. The monoisotopic (exact) mass is 277 g/mol. The lowest BCUT2D eigenvalue weighted by Gasteiger charge is -2.12. The lowest BCUT2D eigenvalue weighted by molar-refractivity contribution is -0.114. The van der Waals surface area contributed by atoms with Gasteiger partial charge < -0.3 is 15.8 Å². The van der Waals surface area contributed by atoms with Gasteiger partial charge >= 0.3 is 0 Å². The maximum absolute atomic E-state index is 10.9. The summed E-state index contributed by atoms with van der Waals surface area (Å²) in [6.45, 7) is 3.36. The van der Waals surface area contributed by atoms with E-state index in [0.717, 1.165) is 11.4 Å². The lowest BCUT2D eigenvalue weighted by Crippen LogP contribution is -2.07. The molecule has 0 saturated carbocycles. The van der Waals surface area contributed by atoms with E-state index in [4.69, 9.17) is 10.5 Å². The average Bonchev–Trinajstić information content (AvgIpc) is 2.80. The van der Waals surface area contributed by atoms with E-state index >= 15 is 0 Å². The van der Waals surface area contributed by atoms with Crippen molar-refractivity contribution in [3.8, 4) is 5.75 Å². The van der Waals surface area contributed by atoms with Gasteiger partial charge in [0.15, 0.2) is 5.13 Å². The van der Waals surface area contributed by atoms with E-state index in [0.29, 0.717) is 10.8 Å². The van der Waals surface area contributed by atoms with Gasteiger partial charge in [-0.15, -0.1) is 11.3 Å². The van der Waals surface area contributed by atoms with E-state index in [1.807, 2.05) is 24.4 Å². The minimum Gasteiger partial charge on any atom is -0.484 e. The van der Waals surface area contributed by atoms with Gasteiger partial charge in [-0.2, -0.15) is 0 Å². The van der Waals surface area contributed by atoms with Gasteiger partial charge in [-0.25, -0.2) is 4.98 Å². The molecule has 0 aliphatic heterocycles. The number of hydrogen-bond acceptors (Lipinski definition) is 5. The van der Waals surface area contributed by atoms with Crippen LogP contribution in [-0.2, 0) is 4.79 Å². The van der Waals surface area contributed by atoms with E-state index in [9.17, 15) is 4.79 Å². The van der Waals surface area contributed by atoms with Crippen LogP contribution in [0.15, 0.2) is 29.6 Å². The number of nitrogens with two attached hydrogens (primary N) is 1. The Labute approximate surface area is 115 Å². The van der Waals surface area contributed by atoms with Gasteiger partial charge in [0.2, 0.25) is 5.91 Å². The minimum atomic E-state index is -0.192. The number of thiazole rings is 1. The summed E-state index contributed by atoms with van der Waals surface area (Å²) in [6.07, 6.45) is -0.192. The molecule has 0 spiro atoms. The van der Waals surface area contributed by atoms with Crippen LogP contribution < -0.4 is 15.8 Å². The summed E-state index contributed by atoms with van der Waals surface area (Å²) in [6, 6.07) is 7.19. The Kier molecular flexibility index (Phi) is 4.01. The van der Waals surface area contributed by atoms with Gasteiger partial charge in [-0.1, -0.05) is 0 Å². The predicted molar refractivity (Wildman–Crippen MR) is 76.3 cm³/mol. The van der Waals surface area contributed by atoms with Crippen molar-refractivity contribution < 1.29 is 9.53 Å². The third-order valence-corrected chi connectivity index (χ3v) is 3.19. The SMILES string of the molecule is CC(=O)Nc1nc(C(C)Oc2ccc(N)cc2)cs1. The van der Waals surface area contributed by atoms with Crippen molar-refractivity contribution in [2.45, 2.75) is 20.0 Å². The summed E-state index contributed by atoms with van der Waals surface area (Å²) < 4.78 is 5.75. The molecule has 6 heteroatoms. The third-order valence-electron chi connectivity index (χ3n) is 2.41. The van der Waals surface area contributed by atoms with E-state index in [1.165, 1.54) is 18.3 Å². The van der Waals surface area contributed by atoms with Crippen LogP contribution in [0.1, 0.15) is 25.6 Å². The molecule has 0 saturated heterocycles. The molecule has 0 radical (unpaired) electrons. The molecule has 0 fully saturated rings. The van der Waals surface area contributed by atoms with Crippen LogP contribution in [-0.4, -0.2) is 10.9 Å². The maximum Gasteiger partial charge on any atom is 0.223 e. The zero-order chi connectivity index (χ0) is 13.8. The highest BCUT2D eigenvalue weighted by atomic mass is 32.1. The molecular formula is C13H15N3O2S. The largest absolute Gasteiger partial charge is 0.484 e. The van der Waals surface area contributed by atoms with E-state index in [2.05, 4.69) is 10.3 Å². The number of carbonyl (C=O) groups excluding carboxylic acids is 1. The number of nitrogen functional groups attached to an aromatic ring is 1. The first-order valence-electron chi connectivity index (χ1n) is 5.80. The first kappa shape index (κ1) is 13.4. The summed E-state index contributed by atoms with van der Waals surface area (Å²) >= 11 is 1.38. The highest BCUT2D eigenvalue weighted by molar-refractivity contribution is 7.13.